The van der Waals surface area contributed by atoms with Gasteiger partial charge in [-0.25, -0.2) is 4.98 Å². The van der Waals surface area contributed by atoms with Crippen molar-refractivity contribution in [2.75, 3.05) is 7.11 Å². The Morgan fingerprint density at radius 3 is 2.72 bits per heavy atom. The van der Waals surface area contributed by atoms with Gasteiger partial charge in [-0.2, -0.15) is 0 Å². The second kappa shape index (κ2) is 4.78. The van der Waals surface area contributed by atoms with Gasteiger partial charge >= 0.3 is 0 Å². The number of rotatable bonds is 3. The number of benzene rings is 1. The third-order valence-electron chi connectivity index (χ3n) is 2.54. The monoisotopic (exact) mass is 263 g/mol. The molecule has 18 heavy (non-hydrogen) atoms. The first-order chi connectivity index (χ1) is 8.52. The summed E-state index contributed by atoms with van der Waals surface area (Å²) in [6.45, 7) is 3.34. The van der Waals surface area contributed by atoms with Crippen LogP contribution in [0.15, 0.2) is 18.2 Å². The van der Waals surface area contributed by atoms with Crippen LogP contribution in [0.5, 0.6) is 11.5 Å². The minimum Gasteiger partial charge on any atom is -0.504 e. The van der Waals surface area contributed by atoms with Gasteiger partial charge in [0.25, 0.3) is 0 Å². The average Bonchev–Trinajstić information content (AvgIpc) is 2.72. The van der Waals surface area contributed by atoms with Crippen molar-refractivity contribution in [1.82, 2.24) is 4.98 Å². The van der Waals surface area contributed by atoms with Crippen molar-refractivity contribution in [3.05, 3.63) is 28.8 Å². The summed E-state index contributed by atoms with van der Waals surface area (Å²) in [6.07, 6.45) is 0. The average molecular weight is 263 g/mol. The van der Waals surface area contributed by atoms with Gasteiger partial charge < -0.3 is 9.84 Å². The zero-order chi connectivity index (χ0) is 13.3. The van der Waals surface area contributed by atoms with Gasteiger partial charge in [-0.3, -0.25) is 4.79 Å². The van der Waals surface area contributed by atoms with Crippen LogP contribution in [0.4, 0.5) is 0 Å². The molecule has 0 saturated carbocycles. The highest BCUT2D eigenvalue weighted by Gasteiger charge is 2.14. The molecule has 0 fully saturated rings. The van der Waals surface area contributed by atoms with Crippen molar-refractivity contribution in [1.29, 1.82) is 0 Å². The van der Waals surface area contributed by atoms with E-state index in [9.17, 15) is 9.90 Å². The van der Waals surface area contributed by atoms with Crippen LogP contribution in [0.25, 0.3) is 10.6 Å². The molecule has 0 saturated heterocycles. The highest BCUT2D eigenvalue weighted by atomic mass is 32.1. The number of aryl methyl sites for hydroxylation is 1. The maximum absolute atomic E-state index is 11.4. The summed E-state index contributed by atoms with van der Waals surface area (Å²) in [7, 11) is 1.49. The molecule has 0 aliphatic carbocycles. The second-order valence-corrected chi connectivity index (χ2v) is 4.88. The van der Waals surface area contributed by atoms with E-state index in [1.807, 2.05) is 6.92 Å². The Kier molecular flexibility index (Phi) is 3.34. The lowest BCUT2D eigenvalue weighted by Gasteiger charge is -2.04. The molecule has 94 valence electrons. The number of nitrogens with zero attached hydrogens (tertiary/aromatic N) is 1. The van der Waals surface area contributed by atoms with E-state index < -0.39 is 0 Å². The van der Waals surface area contributed by atoms with Crippen molar-refractivity contribution < 1.29 is 14.6 Å². The highest BCUT2D eigenvalue weighted by Crippen LogP contribution is 2.34. The number of carbonyl (C=O) groups is 1. The quantitative estimate of drug-likeness (QED) is 0.865. The Labute approximate surface area is 109 Å². The van der Waals surface area contributed by atoms with Crippen LogP contribution < -0.4 is 4.74 Å². The third kappa shape index (κ3) is 2.22. The predicted molar refractivity (Wildman–Crippen MR) is 70.5 cm³/mol. The Morgan fingerprint density at radius 1 is 1.44 bits per heavy atom. The lowest BCUT2D eigenvalue weighted by atomic mass is 10.2. The second-order valence-electron chi connectivity index (χ2n) is 3.88. The van der Waals surface area contributed by atoms with Crippen molar-refractivity contribution >= 4 is 17.1 Å². The molecule has 4 nitrogen and oxygen atoms in total. The maximum atomic E-state index is 11.4. The van der Waals surface area contributed by atoms with E-state index in [0.29, 0.717) is 10.6 Å². The minimum absolute atomic E-state index is 0.0157. The molecule has 0 radical (unpaired) electrons. The first-order valence-electron chi connectivity index (χ1n) is 5.38. The molecule has 0 amide bonds. The van der Waals surface area contributed by atoms with E-state index in [1.165, 1.54) is 25.4 Å². The fraction of sp³-hybridized carbons (Fsp3) is 0.231. The molecule has 1 aromatic carbocycles. The Bertz CT molecular complexity index is 604. The number of methoxy groups -OCH3 is 1. The first-order valence-corrected chi connectivity index (χ1v) is 6.20. The molecule has 1 aromatic heterocycles. The van der Waals surface area contributed by atoms with Crippen molar-refractivity contribution in [3.8, 4) is 22.1 Å². The molecule has 0 atom stereocenters. The minimum atomic E-state index is 0.0157. The molecule has 1 N–H and O–H groups in total. The smallest absolute Gasteiger partial charge is 0.171 e. The fourth-order valence-electron chi connectivity index (χ4n) is 1.66. The zero-order valence-corrected chi connectivity index (χ0v) is 11.2. The molecule has 0 aliphatic heterocycles. The number of phenols is 1. The van der Waals surface area contributed by atoms with Gasteiger partial charge in [0.15, 0.2) is 17.3 Å². The first kappa shape index (κ1) is 12.6. The van der Waals surface area contributed by atoms with Crippen LogP contribution in [0.3, 0.4) is 0 Å². The summed E-state index contributed by atoms with van der Waals surface area (Å²) in [5, 5.41) is 10.3. The lowest BCUT2D eigenvalue weighted by molar-refractivity contribution is 0.102. The number of phenolic OH excluding ortho intramolecular Hbond substituents is 1. The van der Waals surface area contributed by atoms with Gasteiger partial charge in [0, 0.05) is 12.5 Å². The molecule has 1 heterocycles. The SMILES string of the molecule is COc1cc(-c2nc(C)c(C(C)=O)s2)ccc1O. The summed E-state index contributed by atoms with van der Waals surface area (Å²) in [5.74, 6) is 0.494. The standard InChI is InChI=1S/C13H13NO3S/c1-7-12(8(2)15)18-13(14-7)9-4-5-10(16)11(6-9)17-3/h4-6,16H,1-3H3. The van der Waals surface area contributed by atoms with Crippen LogP contribution in [0.1, 0.15) is 22.3 Å². The normalized spacial score (nSPS) is 10.4. The number of ether oxygens (including phenoxy) is 1. The number of hydrogen-bond donors (Lipinski definition) is 1. The topological polar surface area (TPSA) is 59.4 Å². The summed E-state index contributed by atoms with van der Waals surface area (Å²) >= 11 is 1.35. The van der Waals surface area contributed by atoms with Gasteiger partial charge in [-0.1, -0.05) is 0 Å². The molecular formula is C13H13NO3S. The largest absolute Gasteiger partial charge is 0.504 e. The summed E-state index contributed by atoms with van der Waals surface area (Å²) < 4.78 is 5.05. The zero-order valence-electron chi connectivity index (χ0n) is 10.4. The summed E-state index contributed by atoms with van der Waals surface area (Å²) in [4.78, 5) is 16.4. The highest BCUT2D eigenvalue weighted by molar-refractivity contribution is 7.17. The fourth-order valence-corrected chi connectivity index (χ4v) is 2.62. The van der Waals surface area contributed by atoms with E-state index >= 15 is 0 Å². The van der Waals surface area contributed by atoms with E-state index in [-0.39, 0.29) is 11.5 Å². The summed E-state index contributed by atoms with van der Waals surface area (Å²) in [6, 6.07) is 5.01. The van der Waals surface area contributed by atoms with Crippen LogP contribution in [-0.4, -0.2) is 23.0 Å². The van der Waals surface area contributed by atoms with E-state index in [4.69, 9.17) is 4.74 Å². The van der Waals surface area contributed by atoms with Gasteiger partial charge in [-0.05, 0) is 25.1 Å². The lowest BCUT2D eigenvalue weighted by Crippen LogP contribution is -1.89. The van der Waals surface area contributed by atoms with Crippen molar-refractivity contribution in [3.63, 3.8) is 0 Å². The molecule has 2 aromatic rings. The maximum Gasteiger partial charge on any atom is 0.171 e. The van der Waals surface area contributed by atoms with Crippen molar-refractivity contribution in [2.45, 2.75) is 13.8 Å². The molecule has 2 rings (SSSR count). The van der Waals surface area contributed by atoms with Gasteiger partial charge in [0.05, 0.1) is 17.7 Å². The van der Waals surface area contributed by atoms with Crippen LogP contribution in [0.2, 0.25) is 0 Å². The van der Waals surface area contributed by atoms with Crippen LogP contribution in [0, 0.1) is 6.92 Å². The van der Waals surface area contributed by atoms with Crippen LogP contribution >= 0.6 is 11.3 Å². The third-order valence-corrected chi connectivity index (χ3v) is 3.85. The van der Waals surface area contributed by atoms with E-state index in [1.54, 1.807) is 18.2 Å². The van der Waals surface area contributed by atoms with E-state index in [0.717, 1.165) is 16.3 Å². The number of aromatic hydroxyl groups is 1. The Balaban J connectivity index is 2.49. The number of hydrogen-bond acceptors (Lipinski definition) is 5. The predicted octanol–water partition coefficient (Wildman–Crippen LogP) is 3.04. The molecule has 0 unspecified atom stereocenters. The molecule has 0 spiro atoms. The Hall–Kier alpha value is -1.88. The molecule has 0 bridgehead atoms. The van der Waals surface area contributed by atoms with E-state index in [2.05, 4.69) is 4.98 Å². The number of ketones is 1. The van der Waals surface area contributed by atoms with Gasteiger partial charge in [-0.15, -0.1) is 11.3 Å². The summed E-state index contributed by atoms with van der Waals surface area (Å²) in [5.41, 5.74) is 1.56. The number of Topliss-reactive ketones (excluding diaryl/α,β-unsaturated/α-hetero) is 1. The van der Waals surface area contributed by atoms with Gasteiger partial charge in [0.2, 0.25) is 0 Å². The number of thiazole rings is 1. The molecule has 0 aliphatic rings. The van der Waals surface area contributed by atoms with Gasteiger partial charge in [0.1, 0.15) is 5.01 Å². The number of aromatic nitrogens is 1. The molecule has 5 heteroatoms. The number of carbonyl (C=O) groups excluding carboxylic acids is 1. The van der Waals surface area contributed by atoms with Crippen molar-refractivity contribution in [2.24, 2.45) is 0 Å². The Morgan fingerprint density at radius 2 is 2.17 bits per heavy atom. The van der Waals surface area contributed by atoms with Crippen LogP contribution in [-0.2, 0) is 0 Å². The molecular weight excluding hydrogens is 250 g/mol.